The number of ketones is 2. The molecule has 84 valence electrons. The van der Waals surface area contributed by atoms with Crippen LogP contribution in [-0.2, 0) is 4.79 Å². The largest absolute Gasteiger partial charge is 0.295 e. The summed E-state index contributed by atoms with van der Waals surface area (Å²) in [6.45, 7) is 2.67. The molecule has 0 aromatic heterocycles. The zero-order valence-corrected chi connectivity index (χ0v) is 9.64. The maximum absolute atomic E-state index is 13.6. The topological polar surface area (TPSA) is 34.1 Å². The van der Waals surface area contributed by atoms with Gasteiger partial charge in [0.15, 0.2) is 11.6 Å². The summed E-state index contributed by atoms with van der Waals surface area (Å²) in [6, 6.07) is 2.76. The van der Waals surface area contributed by atoms with Gasteiger partial charge in [0.2, 0.25) is 0 Å². The van der Waals surface area contributed by atoms with E-state index in [4.69, 9.17) is 11.6 Å². The Kier molecular flexibility index (Phi) is 3.96. The number of allylic oxidation sites excluding steroid dienone is 1. The van der Waals surface area contributed by atoms with Crippen LogP contribution in [0.1, 0.15) is 29.8 Å². The fourth-order valence-corrected chi connectivity index (χ4v) is 1.40. The molecule has 1 aromatic rings. The maximum atomic E-state index is 13.6. The third-order valence-corrected chi connectivity index (χ3v) is 2.29. The standard InChI is InChI=1S/C12H10ClFO2/c1-7(15)3-4-10-9(8(2)16)5-6-11(13)12(10)14/h3-6H,1-2H3. The number of rotatable bonds is 3. The van der Waals surface area contributed by atoms with Crippen LogP contribution in [0.5, 0.6) is 0 Å². The Hall–Kier alpha value is -1.48. The summed E-state index contributed by atoms with van der Waals surface area (Å²) in [5, 5.41) is -0.0757. The second-order valence-electron chi connectivity index (χ2n) is 3.32. The Labute approximate surface area is 97.7 Å². The maximum Gasteiger partial charge on any atom is 0.160 e. The van der Waals surface area contributed by atoms with Crippen molar-refractivity contribution in [3.05, 3.63) is 40.2 Å². The fourth-order valence-electron chi connectivity index (χ4n) is 1.24. The summed E-state index contributed by atoms with van der Waals surface area (Å²) in [4.78, 5) is 22.0. The monoisotopic (exact) mass is 240 g/mol. The normalized spacial score (nSPS) is 10.8. The van der Waals surface area contributed by atoms with Crippen molar-refractivity contribution in [3.63, 3.8) is 0 Å². The quantitative estimate of drug-likeness (QED) is 0.600. The van der Waals surface area contributed by atoms with E-state index in [1.165, 1.54) is 38.1 Å². The van der Waals surface area contributed by atoms with E-state index in [1.807, 2.05) is 0 Å². The second kappa shape index (κ2) is 5.03. The summed E-state index contributed by atoms with van der Waals surface area (Å²) in [5.74, 6) is -1.19. The number of carbonyl (C=O) groups excluding carboxylic acids is 2. The van der Waals surface area contributed by atoms with Crippen molar-refractivity contribution in [1.82, 2.24) is 0 Å². The number of hydrogen-bond donors (Lipinski definition) is 0. The van der Waals surface area contributed by atoms with Crippen molar-refractivity contribution in [2.75, 3.05) is 0 Å². The Morgan fingerprint density at radius 1 is 1.31 bits per heavy atom. The van der Waals surface area contributed by atoms with Gasteiger partial charge in [0.05, 0.1) is 5.02 Å². The molecule has 0 N–H and O–H groups in total. The lowest BCUT2D eigenvalue weighted by Gasteiger charge is -2.05. The number of hydrogen-bond acceptors (Lipinski definition) is 2. The summed E-state index contributed by atoms with van der Waals surface area (Å²) in [6.07, 6.45) is 2.46. The molecule has 0 unspecified atom stereocenters. The zero-order chi connectivity index (χ0) is 12.3. The number of carbonyl (C=O) groups is 2. The van der Waals surface area contributed by atoms with Crippen LogP contribution in [0.15, 0.2) is 18.2 Å². The van der Waals surface area contributed by atoms with Gasteiger partial charge in [-0.05, 0) is 38.1 Å². The van der Waals surface area contributed by atoms with Gasteiger partial charge in [-0.2, -0.15) is 0 Å². The number of Topliss-reactive ketones (excluding diaryl/α,β-unsaturated/α-hetero) is 1. The van der Waals surface area contributed by atoms with Gasteiger partial charge in [-0.15, -0.1) is 0 Å². The van der Waals surface area contributed by atoms with Crippen LogP contribution in [0, 0.1) is 5.82 Å². The van der Waals surface area contributed by atoms with Crippen molar-refractivity contribution >= 4 is 29.2 Å². The van der Waals surface area contributed by atoms with Crippen LogP contribution >= 0.6 is 11.6 Å². The van der Waals surface area contributed by atoms with E-state index in [0.29, 0.717) is 0 Å². The van der Waals surface area contributed by atoms with E-state index in [0.717, 1.165) is 0 Å². The van der Waals surface area contributed by atoms with Crippen LogP contribution < -0.4 is 0 Å². The molecule has 0 radical (unpaired) electrons. The average molecular weight is 241 g/mol. The van der Waals surface area contributed by atoms with Crippen molar-refractivity contribution in [2.24, 2.45) is 0 Å². The van der Waals surface area contributed by atoms with Crippen molar-refractivity contribution in [2.45, 2.75) is 13.8 Å². The minimum Gasteiger partial charge on any atom is -0.295 e. The van der Waals surface area contributed by atoms with Crippen LogP contribution in [0.25, 0.3) is 6.08 Å². The molecule has 0 aliphatic carbocycles. The molecule has 0 spiro atoms. The van der Waals surface area contributed by atoms with Gasteiger partial charge in [0.25, 0.3) is 0 Å². The first kappa shape index (κ1) is 12.6. The van der Waals surface area contributed by atoms with E-state index in [2.05, 4.69) is 0 Å². The highest BCUT2D eigenvalue weighted by Crippen LogP contribution is 2.23. The van der Waals surface area contributed by atoms with Crippen LogP contribution in [0.4, 0.5) is 4.39 Å². The molecule has 0 amide bonds. The smallest absolute Gasteiger partial charge is 0.160 e. The Morgan fingerprint density at radius 3 is 2.44 bits per heavy atom. The predicted molar refractivity (Wildman–Crippen MR) is 61.1 cm³/mol. The van der Waals surface area contributed by atoms with E-state index < -0.39 is 5.82 Å². The molecule has 4 heteroatoms. The molecule has 2 nitrogen and oxygen atoms in total. The number of halogens is 2. The molecule has 16 heavy (non-hydrogen) atoms. The van der Waals surface area contributed by atoms with Crippen LogP contribution in [0.2, 0.25) is 5.02 Å². The van der Waals surface area contributed by atoms with Gasteiger partial charge >= 0.3 is 0 Å². The first-order valence-electron chi connectivity index (χ1n) is 4.61. The predicted octanol–water partition coefficient (Wildman–Crippen LogP) is 3.28. The third kappa shape index (κ3) is 2.76. The highest BCUT2D eigenvalue weighted by molar-refractivity contribution is 6.31. The summed E-state index contributed by atoms with van der Waals surface area (Å²) < 4.78 is 13.6. The van der Waals surface area contributed by atoms with E-state index in [9.17, 15) is 14.0 Å². The summed E-state index contributed by atoms with van der Waals surface area (Å²) >= 11 is 5.60. The fraction of sp³-hybridized carbons (Fsp3) is 0.167. The molecule has 0 aliphatic heterocycles. The summed E-state index contributed by atoms with van der Waals surface area (Å²) in [7, 11) is 0. The Bertz CT molecular complexity index is 478. The minimum atomic E-state index is -0.688. The molecule has 0 fully saturated rings. The average Bonchev–Trinajstić information content (AvgIpc) is 2.19. The Morgan fingerprint density at radius 2 is 1.94 bits per heavy atom. The SMILES string of the molecule is CC(=O)C=Cc1c(C(C)=O)ccc(Cl)c1F. The molecular formula is C12H10ClFO2. The van der Waals surface area contributed by atoms with Gasteiger partial charge in [-0.25, -0.2) is 4.39 Å². The zero-order valence-electron chi connectivity index (χ0n) is 8.88. The highest BCUT2D eigenvalue weighted by atomic mass is 35.5. The lowest BCUT2D eigenvalue weighted by atomic mass is 10.0. The molecule has 0 aliphatic rings. The molecular weight excluding hydrogens is 231 g/mol. The lowest BCUT2D eigenvalue weighted by molar-refractivity contribution is -0.112. The van der Waals surface area contributed by atoms with E-state index in [-0.39, 0.29) is 27.7 Å². The van der Waals surface area contributed by atoms with Crippen molar-refractivity contribution in [3.8, 4) is 0 Å². The number of benzene rings is 1. The van der Waals surface area contributed by atoms with Gasteiger partial charge in [0.1, 0.15) is 5.82 Å². The molecule has 1 aromatic carbocycles. The van der Waals surface area contributed by atoms with Gasteiger partial charge in [0, 0.05) is 11.1 Å². The molecule has 0 atom stereocenters. The first-order chi connectivity index (χ1) is 7.43. The molecule has 0 bridgehead atoms. The van der Waals surface area contributed by atoms with Crippen molar-refractivity contribution < 1.29 is 14.0 Å². The van der Waals surface area contributed by atoms with Crippen molar-refractivity contribution in [1.29, 1.82) is 0 Å². The molecule has 0 saturated carbocycles. The summed E-state index contributed by atoms with van der Waals surface area (Å²) in [5.41, 5.74) is 0.259. The third-order valence-electron chi connectivity index (χ3n) is 2.00. The minimum absolute atomic E-state index is 0.0511. The van der Waals surface area contributed by atoms with Crippen LogP contribution in [0.3, 0.4) is 0 Å². The molecule has 0 heterocycles. The van der Waals surface area contributed by atoms with Gasteiger partial charge in [-0.3, -0.25) is 9.59 Å². The molecule has 0 saturated heterocycles. The highest BCUT2D eigenvalue weighted by Gasteiger charge is 2.12. The van der Waals surface area contributed by atoms with Gasteiger partial charge < -0.3 is 0 Å². The first-order valence-corrected chi connectivity index (χ1v) is 4.99. The van der Waals surface area contributed by atoms with Crippen LogP contribution in [-0.4, -0.2) is 11.6 Å². The Balaban J connectivity index is 3.37. The van der Waals surface area contributed by atoms with Gasteiger partial charge in [-0.1, -0.05) is 11.6 Å². The van der Waals surface area contributed by atoms with E-state index in [1.54, 1.807) is 0 Å². The van der Waals surface area contributed by atoms with E-state index >= 15 is 0 Å². The second-order valence-corrected chi connectivity index (χ2v) is 3.73. The molecule has 1 rings (SSSR count). The lowest BCUT2D eigenvalue weighted by Crippen LogP contribution is -1.99.